The Morgan fingerprint density at radius 3 is 1.52 bits per heavy atom. The van der Waals surface area contributed by atoms with Gasteiger partial charge in [-0.05, 0) is 38.1 Å². The van der Waals surface area contributed by atoms with Crippen LogP contribution in [0.4, 0.5) is 0 Å². The molecule has 5 nitrogen and oxygen atoms in total. The number of hydrogen-bond acceptors (Lipinski definition) is 5. The summed E-state index contributed by atoms with van der Waals surface area (Å²) in [6.45, 7) is 3.50. The molecule has 0 saturated carbocycles. The molecule has 2 N–H and O–H groups in total. The van der Waals surface area contributed by atoms with E-state index in [9.17, 15) is 9.59 Å². The van der Waals surface area contributed by atoms with Crippen LogP contribution in [-0.4, -0.2) is 35.4 Å². The zero-order valence-corrected chi connectivity index (χ0v) is 13.2. The minimum atomic E-state index is -0.629. The Bertz CT molecular complexity index is 606. The molecule has 0 bridgehead atoms. The molecule has 0 amide bonds. The summed E-state index contributed by atoms with van der Waals surface area (Å²) in [5, 5.41) is 15.2. The maximum absolute atomic E-state index is 11.8. The van der Waals surface area contributed by atoms with Crippen molar-refractivity contribution in [2.24, 2.45) is 0 Å². The van der Waals surface area contributed by atoms with Gasteiger partial charge in [0.15, 0.2) is 0 Å². The van der Waals surface area contributed by atoms with Crippen LogP contribution in [0.15, 0.2) is 48.5 Å². The van der Waals surface area contributed by atoms with Gasteiger partial charge in [0.2, 0.25) is 0 Å². The van der Waals surface area contributed by atoms with Crippen LogP contribution in [0.5, 0.6) is 0 Å². The molecular weight excluding hydrogens is 296 g/mol. The summed E-state index contributed by atoms with van der Waals surface area (Å²) >= 11 is 0. The van der Waals surface area contributed by atoms with E-state index >= 15 is 0 Å². The van der Waals surface area contributed by atoms with Crippen LogP contribution in [0.1, 0.15) is 31.8 Å². The molecule has 0 fully saturated rings. The minimum Gasteiger partial charge on any atom is -0.394 e. The molecule has 0 radical (unpaired) electrons. The highest BCUT2D eigenvalue weighted by molar-refractivity contribution is 6.02. The van der Waals surface area contributed by atoms with Gasteiger partial charge < -0.3 is 14.9 Å². The molecule has 0 aromatic heterocycles. The maximum atomic E-state index is 11.8. The maximum Gasteiger partial charge on any atom is 0.346 e. The zero-order valence-electron chi connectivity index (χ0n) is 13.2. The lowest BCUT2D eigenvalue weighted by molar-refractivity contribution is 0.0397. The van der Waals surface area contributed by atoms with Gasteiger partial charge >= 0.3 is 11.9 Å². The summed E-state index contributed by atoms with van der Waals surface area (Å²) in [6.07, 6.45) is 0. The van der Waals surface area contributed by atoms with Crippen LogP contribution in [-0.2, 0) is 4.74 Å². The highest BCUT2D eigenvalue weighted by atomic mass is 16.6. The van der Waals surface area contributed by atoms with Crippen molar-refractivity contribution >= 4 is 11.9 Å². The predicted octanol–water partition coefficient (Wildman–Crippen LogP) is 2.27. The molecule has 2 rings (SSSR count). The van der Waals surface area contributed by atoms with E-state index in [1.54, 1.807) is 36.4 Å². The molecule has 0 aliphatic carbocycles. The topological polar surface area (TPSA) is 83.8 Å². The second-order valence-electron chi connectivity index (χ2n) is 4.86. The molecule has 0 saturated heterocycles. The molecule has 0 aliphatic heterocycles. The summed E-state index contributed by atoms with van der Waals surface area (Å²) in [5.41, 5.74) is 2.64. The number of hydrogen-bond donors (Lipinski definition) is 2. The van der Waals surface area contributed by atoms with Crippen molar-refractivity contribution in [2.75, 3.05) is 13.2 Å². The summed E-state index contributed by atoms with van der Waals surface area (Å²) in [6, 6.07) is 13.9. The molecule has 23 heavy (non-hydrogen) atoms. The smallest absolute Gasteiger partial charge is 0.346 e. The van der Waals surface area contributed by atoms with E-state index in [0.717, 1.165) is 11.1 Å². The van der Waals surface area contributed by atoms with Gasteiger partial charge in [0.25, 0.3) is 0 Å². The first-order valence-corrected chi connectivity index (χ1v) is 7.09. The first-order chi connectivity index (χ1) is 11.0. The second-order valence-corrected chi connectivity index (χ2v) is 4.86. The number of esters is 2. The van der Waals surface area contributed by atoms with Gasteiger partial charge in [0.05, 0.1) is 24.3 Å². The van der Waals surface area contributed by atoms with Gasteiger partial charge in [0, 0.05) is 0 Å². The van der Waals surface area contributed by atoms with E-state index in [-0.39, 0.29) is 13.2 Å². The van der Waals surface area contributed by atoms with E-state index in [0.29, 0.717) is 11.1 Å². The Morgan fingerprint density at radius 2 is 1.22 bits per heavy atom. The van der Waals surface area contributed by atoms with Gasteiger partial charge in [-0.15, -0.1) is 0 Å². The van der Waals surface area contributed by atoms with Crippen molar-refractivity contribution in [2.45, 2.75) is 13.8 Å². The normalized spacial score (nSPS) is 9.57. The van der Waals surface area contributed by atoms with E-state index in [4.69, 9.17) is 14.9 Å². The lowest BCUT2D eigenvalue weighted by Gasteiger charge is -2.04. The van der Waals surface area contributed by atoms with Crippen molar-refractivity contribution in [1.82, 2.24) is 0 Å². The Hall–Kier alpha value is -2.50. The SMILES string of the molecule is Cc1cccc(C(=O)OC(=O)c2cccc(C)c2)c1.OCCO. The van der Waals surface area contributed by atoms with E-state index in [1.165, 1.54) is 0 Å². The van der Waals surface area contributed by atoms with E-state index in [2.05, 4.69) is 0 Å². The highest BCUT2D eigenvalue weighted by Crippen LogP contribution is 2.09. The van der Waals surface area contributed by atoms with Crippen LogP contribution in [0, 0.1) is 13.8 Å². The Balaban J connectivity index is 0.000000593. The third-order valence-electron chi connectivity index (χ3n) is 2.79. The van der Waals surface area contributed by atoms with Crippen molar-refractivity contribution < 1.29 is 24.5 Å². The molecule has 2 aromatic carbocycles. The van der Waals surface area contributed by atoms with Gasteiger partial charge in [-0.25, -0.2) is 9.59 Å². The monoisotopic (exact) mass is 316 g/mol. The fraction of sp³-hybridized carbons (Fsp3) is 0.222. The zero-order chi connectivity index (χ0) is 17.2. The number of benzene rings is 2. The number of carbonyl (C=O) groups excluding carboxylic acids is 2. The van der Waals surface area contributed by atoms with Crippen LogP contribution in [0.25, 0.3) is 0 Å². The minimum absolute atomic E-state index is 0.125. The fourth-order valence-electron chi connectivity index (χ4n) is 1.75. The average Bonchev–Trinajstić information content (AvgIpc) is 2.55. The predicted molar refractivity (Wildman–Crippen MR) is 86.3 cm³/mol. The number of aryl methyl sites for hydroxylation is 2. The third kappa shape index (κ3) is 6.42. The van der Waals surface area contributed by atoms with Crippen molar-refractivity contribution in [3.8, 4) is 0 Å². The van der Waals surface area contributed by atoms with E-state index < -0.39 is 11.9 Å². The molecule has 2 aromatic rings. The quantitative estimate of drug-likeness (QED) is 0.670. The fourth-order valence-corrected chi connectivity index (χ4v) is 1.75. The summed E-state index contributed by atoms with van der Waals surface area (Å²) < 4.78 is 4.85. The third-order valence-corrected chi connectivity index (χ3v) is 2.79. The molecular formula is C18H20O5. The molecule has 0 aliphatic rings. The van der Waals surface area contributed by atoms with Crippen molar-refractivity contribution in [1.29, 1.82) is 0 Å². The van der Waals surface area contributed by atoms with Crippen molar-refractivity contribution in [3.63, 3.8) is 0 Å². The van der Waals surface area contributed by atoms with Crippen LogP contribution >= 0.6 is 0 Å². The number of rotatable bonds is 3. The van der Waals surface area contributed by atoms with Crippen LogP contribution < -0.4 is 0 Å². The highest BCUT2D eigenvalue weighted by Gasteiger charge is 2.14. The first kappa shape index (κ1) is 18.5. The molecule has 0 unspecified atom stereocenters. The van der Waals surface area contributed by atoms with Gasteiger partial charge in [-0.3, -0.25) is 0 Å². The summed E-state index contributed by atoms with van der Waals surface area (Å²) in [4.78, 5) is 23.6. The standard InChI is InChI=1S/C16H14O3.C2H6O2/c1-11-5-3-7-13(9-11)15(17)19-16(18)14-8-4-6-12(2)10-14;3-1-2-4/h3-10H,1-2H3;3-4H,1-2H2. The Kier molecular flexibility index (Phi) is 7.66. The summed E-state index contributed by atoms with van der Waals surface area (Å²) in [7, 11) is 0. The molecule has 0 atom stereocenters. The molecule has 122 valence electrons. The number of aliphatic hydroxyl groups excluding tert-OH is 2. The Labute approximate surface area is 135 Å². The van der Waals surface area contributed by atoms with Crippen LogP contribution in [0.3, 0.4) is 0 Å². The van der Waals surface area contributed by atoms with Gasteiger partial charge in [-0.1, -0.05) is 35.4 Å². The number of ether oxygens (including phenoxy) is 1. The number of carbonyl (C=O) groups is 2. The molecule has 0 spiro atoms. The van der Waals surface area contributed by atoms with Gasteiger partial charge in [-0.2, -0.15) is 0 Å². The van der Waals surface area contributed by atoms with Gasteiger partial charge in [0.1, 0.15) is 0 Å². The Morgan fingerprint density at radius 1 is 0.826 bits per heavy atom. The lowest BCUT2D eigenvalue weighted by Crippen LogP contribution is -2.13. The molecule has 0 heterocycles. The number of aliphatic hydroxyl groups is 2. The second kappa shape index (κ2) is 9.50. The average molecular weight is 316 g/mol. The van der Waals surface area contributed by atoms with Crippen molar-refractivity contribution in [3.05, 3.63) is 70.8 Å². The first-order valence-electron chi connectivity index (χ1n) is 7.09. The molecule has 5 heteroatoms. The summed E-state index contributed by atoms with van der Waals surface area (Å²) in [5.74, 6) is -1.26. The van der Waals surface area contributed by atoms with E-state index in [1.807, 2.05) is 26.0 Å². The van der Waals surface area contributed by atoms with Crippen LogP contribution in [0.2, 0.25) is 0 Å². The largest absolute Gasteiger partial charge is 0.394 e. The lowest BCUT2D eigenvalue weighted by atomic mass is 10.1.